The number of rotatable bonds is 3. The summed E-state index contributed by atoms with van der Waals surface area (Å²) in [7, 11) is 0. The van der Waals surface area contributed by atoms with Crippen molar-refractivity contribution in [2.45, 2.75) is 18.9 Å². The zero-order valence-corrected chi connectivity index (χ0v) is 7.03. The van der Waals surface area contributed by atoms with Crippen LogP contribution in [0.3, 0.4) is 0 Å². The van der Waals surface area contributed by atoms with Gasteiger partial charge in [0.1, 0.15) is 6.29 Å². The summed E-state index contributed by atoms with van der Waals surface area (Å²) in [5, 5.41) is 9.75. The van der Waals surface area contributed by atoms with Crippen LogP contribution in [0.1, 0.15) is 18.9 Å². The Morgan fingerprint density at radius 3 is 2.50 bits per heavy atom. The van der Waals surface area contributed by atoms with Crippen LogP contribution in [0.2, 0.25) is 0 Å². The van der Waals surface area contributed by atoms with E-state index in [1.807, 2.05) is 30.3 Å². The molecule has 1 rings (SSSR count). The molecule has 0 saturated heterocycles. The van der Waals surface area contributed by atoms with Gasteiger partial charge in [-0.3, -0.25) is 0 Å². The highest BCUT2D eigenvalue weighted by atomic mass is 16.3. The zero-order valence-electron chi connectivity index (χ0n) is 7.03. The summed E-state index contributed by atoms with van der Waals surface area (Å²) in [5.41, 5.74) is -0.250. The second kappa shape index (κ2) is 3.50. The monoisotopic (exact) mass is 164 g/mol. The van der Waals surface area contributed by atoms with Gasteiger partial charge in [-0.2, -0.15) is 0 Å². The topological polar surface area (TPSA) is 37.3 Å². The molecule has 0 bridgehead atoms. The van der Waals surface area contributed by atoms with Gasteiger partial charge in [-0.15, -0.1) is 0 Å². The molecule has 1 N–H and O–H groups in total. The summed E-state index contributed by atoms with van der Waals surface area (Å²) < 4.78 is 0. The Balaban J connectivity index is 2.89. The molecule has 64 valence electrons. The van der Waals surface area contributed by atoms with E-state index in [2.05, 4.69) is 0 Å². The molecule has 0 radical (unpaired) electrons. The highest BCUT2D eigenvalue weighted by molar-refractivity contribution is 5.52. The molecule has 1 aromatic rings. The van der Waals surface area contributed by atoms with E-state index in [-0.39, 0.29) is 6.42 Å². The summed E-state index contributed by atoms with van der Waals surface area (Å²) in [5.74, 6) is 0. The van der Waals surface area contributed by atoms with Gasteiger partial charge in [0.25, 0.3) is 0 Å². The SMILES string of the molecule is C[C@](O)(CC=O)c1ccccc1. The number of aldehydes is 1. The molecule has 0 aromatic heterocycles. The molecule has 0 unspecified atom stereocenters. The van der Waals surface area contributed by atoms with Gasteiger partial charge in [0.15, 0.2) is 0 Å². The Morgan fingerprint density at radius 1 is 1.42 bits per heavy atom. The Morgan fingerprint density at radius 2 is 2.00 bits per heavy atom. The van der Waals surface area contributed by atoms with Crippen molar-refractivity contribution in [3.8, 4) is 0 Å². The standard InChI is InChI=1S/C10H12O2/c1-10(12,7-8-11)9-5-3-2-4-6-9/h2-6,8,12H,7H2,1H3/t10-/m0/s1. The maximum atomic E-state index is 10.2. The molecule has 0 saturated carbocycles. The van der Waals surface area contributed by atoms with Crippen LogP contribution in [0.25, 0.3) is 0 Å². The Kier molecular flexibility index (Phi) is 2.61. The summed E-state index contributed by atoms with van der Waals surface area (Å²) in [6.45, 7) is 1.64. The fourth-order valence-corrected chi connectivity index (χ4v) is 1.08. The van der Waals surface area contributed by atoms with E-state index in [4.69, 9.17) is 0 Å². The highest BCUT2D eigenvalue weighted by Gasteiger charge is 2.21. The molecule has 0 amide bonds. The summed E-state index contributed by atoms with van der Waals surface area (Å²) >= 11 is 0. The molecule has 0 aliphatic heterocycles. The van der Waals surface area contributed by atoms with E-state index >= 15 is 0 Å². The number of aliphatic hydroxyl groups is 1. The average Bonchev–Trinajstić information content (AvgIpc) is 2.06. The maximum absolute atomic E-state index is 10.2. The van der Waals surface area contributed by atoms with Crippen LogP contribution in [-0.4, -0.2) is 11.4 Å². The first-order valence-corrected chi connectivity index (χ1v) is 3.88. The first-order valence-electron chi connectivity index (χ1n) is 3.88. The lowest BCUT2D eigenvalue weighted by Crippen LogP contribution is -2.21. The van der Waals surface area contributed by atoms with Gasteiger partial charge >= 0.3 is 0 Å². The van der Waals surface area contributed by atoms with E-state index < -0.39 is 5.60 Å². The smallest absolute Gasteiger partial charge is 0.123 e. The van der Waals surface area contributed by atoms with Crippen molar-refractivity contribution in [3.63, 3.8) is 0 Å². The van der Waals surface area contributed by atoms with Crippen LogP contribution in [-0.2, 0) is 10.4 Å². The van der Waals surface area contributed by atoms with Crippen molar-refractivity contribution < 1.29 is 9.90 Å². The predicted octanol–water partition coefficient (Wildman–Crippen LogP) is 1.48. The molecule has 12 heavy (non-hydrogen) atoms. The fraction of sp³-hybridized carbons (Fsp3) is 0.300. The van der Waals surface area contributed by atoms with Crippen LogP contribution in [0.15, 0.2) is 30.3 Å². The van der Waals surface area contributed by atoms with Crippen molar-refractivity contribution in [3.05, 3.63) is 35.9 Å². The molecule has 0 fully saturated rings. The molecule has 2 heteroatoms. The summed E-state index contributed by atoms with van der Waals surface area (Å²) in [6, 6.07) is 9.18. The van der Waals surface area contributed by atoms with Gasteiger partial charge < -0.3 is 9.90 Å². The Bertz CT molecular complexity index is 252. The quantitative estimate of drug-likeness (QED) is 0.687. The number of hydrogen-bond donors (Lipinski definition) is 1. The zero-order chi connectivity index (χ0) is 9.03. The highest BCUT2D eigenvalue weighted by Crippen LogP contribution is 2.22. The van der Waals surface area contributed by atoms with Crippen molar-refractivity contribution in [1.82, 2.24) is 0 Å². The number of carbonyl (C=O) groups excluding carboxylic acids is 1. The Labute approximate surface area is 71.8 Å². The Hall–Kier alpha value is -1.15. The molecule has 0 aliphatic rings. The van der Waals surface area contributed by atoms with Crippen LogP contribution in [0.5, 0.6) is 0 Å². The van der Waals surface area contributed by atoms with E-state index in [0.29, 0.717) is 0 Å². The van der Waals surface area contributed by atoms with E-state index in [0.717, 1.165) is 11.8 Å². The van der Waals surface area contributed by atoms with Gasteiger partial charge in [-0.05, 0) is 12.5 Å². The maximum Gasteiger partial charge on any atom is 0.123 e. The lowest BCUT2D eigenvalue weighted by molar-refractivity contribution is -0.112. The van der Waals surface area contributed by atoms with E-state index in [9.17, 15) is 9.90 Å². The minimum atomic E-state index is -1.02. The molecule has 0 aliphatic carbocycles. The van der Waals surface area contributed by atoms with Gasteiger partial charge in [0, 0.05) is 6.42 Å². The van der Waals surface area contributed by atoms with Gasteiger partial charge in [0.2, 0.25) is 0 Å². The van der Waals surface area contributed by atoms with Crippen molar-refractivity contribution in [1.29, 1.82) is 0 Å². The molecule has 1 atom stereocenters. The number of hydrogen-bond acceptors (Lipinski definition) is 2. The van der Waals surface area contributed by atoms with Gasteiger partial charge in [0.05, 0.1) is 5.60 Å². The summed E-state index contributed by atoms with van der Waals surface area (Å²) in [4.78, 5) is 10.2. The molecule has 1 aromatic carbocycles. The minimum absolute atomic E-state index is 0.136. The first-order chi connectivity index (χ1) is 5.67. The lowest BCUT2D eigenvalue weighted by atomic mass is 9.93. The average molecular weight is 164 g/mol. The predicted molar refractivity (Wildman–Crippen MR) is 46.7 cm³/mol. The molecule has 2 nitrogen and oxygen atoms in total. The molecular weight excluding hydrogens is 152 g/mol. The van der Waals surface area contributed by atoms with E-state index in [1.165, 1.54) is 0 Å². The third kappa shape index (κ3) is 1.92. The third-order valence-corrected chi connectivity index (χ3v) is 1.88. The molecular formula is C10H12O2. The normalized spacial score (nSPS) is 15.2. The minimum Gasteiger partial charge on any atom is -0.385 e. The van der Waals surface area contributed by atoms with Crippen LogP contribution < -0.4 is 0 Å². The fourth-order valence-electron chi connectivity index (χ4n) is 1.08. The second-order valence-electron chi connectivity index (χ2n) is 3.01. The molecule has 0 spiro atoms. The number of carbonyl (C=O) groups is 1. The van der Waals surface area contributed by atoms with E-state index in [1.54, 1.807) is 6.92 Å². The second-order valence-corrected chi connectivity index (χ2v) is 3.01. The third-order valence-electron chi connectivity index (χ3n) is 1.88. The van der Waals surface area contributed by atoms with Crippen LogP contribution in [0, 0.1) is 0 Å². The summed E-state index contributed by atoms with van der Waals surface area (Å²) in [6.07, 6.45) is 0.865. The number of benzene rings is 1. The molecule has 0 heterocycles. The van der Waals surface area contributed by atoms with Crippen LogP contribution in [0.4, 0.5) is 0 Å². The van der Waals surface area contributed by atoms with Gasteiger partial charge in [-0.25, -0.2) is 0 Å². The largest absolute Gasteiger partial charge is 0.385 e. The van der Waals surface area contributed by atoms with Crippen molar-refractivity contribution >= 4 is 6.29 Å². The first kappa shape index (κ1) is 8.94. The van der Waals surface area contributed by atoms with Crippen LogP contribution >= 0.6 is 0 Å². The van der Waals surface area contributed by atoms with Crippen molar-refractivity contribution in [2.24, 2.45) is 0 Å². The van der Waals surface area contributed by atoms with Crippen molar-refractivity contribution in [2.75, 3.05) is 0 Å². The lowest BCUT2D eigenvalue weighted by Gasteiger charge is -2.20. The van der Waals surface area contributed by atoms with Gasteiger partial charge in [-0.1, -0.05) is 30.3 Å².